The maximum Gasteiger partial charge on any atom is 0.355 e. The summed E-state index contributed by atoms with van der Waals surface area (Å²) in [6, 6.07) is 10.3. The van der Waals surface area contributed by atoms with Gasteiger partial charge in [-0.2, -0.15) is 5.21 Å². The highest BCUT2D eigenvalue weighted by molar-refractivity contribution is 6.06. The van der Waals surface area contributed by atoms with Crippen LogP contribution in [0.3, 0.4) is 0 Å². The number of esters is 1. The first kappa shape index (κ1) is 26.3. The van der Waals surface area contributed by atoms with Crippen LogP contribution in [0.5, 0.6) is 17.2 Å². The first-order valence-electron chi connectivity index (χ1n) is 12.0. The molecule has 4 heterocycles. The summed E-state index contributed by atoms with van der Waals surface area (Å²) >= 11 is 0. The molecular formula is C27H25N7O6. The molecule has 0 saturated heterocycles. The number of nitrogens with zero attached hydrogens (tertiary/aromatic N) is 6. The van der Waals surface area contributed by atoms with Crippen molar-refractivity contribution in [3.63, 3.8) is 0 Å². The Labute approximate surface area is 227 Å². The van der Waals surface area contributed by atoms with Crippen molar-refractivity contribution in [3.05, 3.63) is 69.9 Å². The van der Waals surface area contributed by atoms with Crippen molar-refractivity contribution >= 4 is 16.9 Å². The number of benzene rings is 1. The molecule has 5 rings (SSSR count). The molecule has 1 aromatic carbocycles. The Morgan fingerprint density at radius 3 is 2.35 bits per heavy atom. The number of carbonyl (C=O) groups is 1. The first-order chi connectivity index (χ1) is 19.4. The number of aromatic amines is 1. The largest absolute Gasteiger partial charge is 0.493 e. The Morgan fingerprint density at radius 1 is 1.00 bits per heavy atom. The van der Waals surface area contributed by atoms with Gasteiger partial charge in [-0.3, -0.25) is 14.3 Å². The fourth-order valence-corrected chi connectivity index (χ4v) is 4.57. The van der Waals surface area contributed by atoms with Gasteiger partial charge in [-0.15, -0.1) is 10.2 Å². The fraction of sp³-hybridized carbons (Fsp3) is 0.222. The number of carbonyl (C=O) groups excluding carboxylic acids is 1. The third-order valence-electron chi connectivity index (χ3n) is 6.33. The highest BCUT2D eigenvalue weighted by Crippen LogP contribution is 2.43. The SMILES string of the molecule is COC(=O)c1c(-c2cc(OC)c(OC)c(OC)c2)c2ccc(-c3nn[nH]n3)nc2c(=O)n1Cc1ccnc(C)c1. The summed E-state index contributed by atoms with van der Waals surface area (Å²) in [5, 5.41) is 14.3. The Morgan fingerprint density at radius 2 is 1.75 bits per heavy atom. The zero-order chi connectivity index (χ0) is 28.4. The van der Waals surface area contributed by atoms with Crippen LogP contribution in [0.25, 0.3) is 33.5 Å². The lowest BCUT2D eigenvalue weighted by Gasteiger charge is -2.20. The molecule has 4 aromatic heterocycles. The van der Waals surface area contributed by atoms with Gasteiger partial charge in [0.15, 0.2) is 11.5 Å². The van der Waals surface area contributed by atoms with Crippen molar-refractivity contribution in [1.82, 2.24) is 35.2 Å². The van der Waals surface area contributed by atoms with E-state index in [1.165, 1.54) is 33.0 Å². The van der Waals surface area contributed by atoms with E-state index in [1.807, 2.05) is 13.0 Å². The number of fused-ring (bicyclic) bond motifs is 1. The molecule has 0 unspecified atom stereocenters. The summed E-state index contributed by atoms with van der Waals surface area (Å²) in [4.78, 5) is 36.3. The van der Waals surface area contributed by atoms with Crippen molar-refractivity contribution in [2.75, 3.05) is 28.4 Å². The van der Waals surface area contributed by atoms with E-state index in [4.69, 9.17) is 18.9 Å². The smallest absolute Gasteiger partial charge is 0.355 e. The molecule has 0 fully saturated rings. The lowest BCUT2D eigenvalue weighted by Crippen LogP contribution is -2.29. The fourth-order valence-electron chi connectivity index (χ4n) is 4.57. The molecule has 0 bridgehead atoms. The second-order valence-corrected chi connectivity index (χ2v) is 8.65. The van der Waals surface area contributed by atoms with Crippen molar-refractivity contribution in [3.8, 4) is 39.9 Å². The number of aromatic nitrogens is 7. The van der Waals surface area contributed by atoms with E-state index in [1.54, 1.807) is 36.5 Å². The monoisotopic (exact) mass is 543 g/mol. The second kappa shape index (κ2) is 10.8. The molecule has 0 aliphatic carbocycles. The average molecular weight is 544 g/mol. The van der Waals surface area contributed by atoms with Crippen LogP contribution in [-0.4, -0.2) is 69.6 Å². The lowest BCUT2D eigenvalue weighted by molar-refractivity contribution is 0.0588. The van der Waals surface area contributed by atoms with Gasteiger partial charge in [0, 0.05) is 22.8 Å². The van der Waals surface area contributed by atoms with Crippen LogP contribution in [0.1, 0.15) is 21.7 Å². The van der Waals surface area contributed by atoms with Gasteiger partial charge in [-0.25, -0.2) is 9.78 Å². The molecule has 0 radical (unpaired) electrons. The zero-order valence-corrected chi connectivity index (χ0v) is 22.4. The summed E-state index contributed by atoms with van der Waals surface area (Å²) in [6.45, 7) is 1.89. The summed E-state index contributed by atoms with van der Waals surface area (Å²) < 4.78 is 23.2. The highest BCUT2D eigenvalue weighted by atomic mass is 16.5. The normalized spacial score (nSPS) is 10.9. The number of H-pyrrole nitrogens is 1. The molecule has 0 aliphatic rings. The molecule has 204 valence electrons. The molecule has 0 spiro atoms. The van der Waals surface area contributed by atoms with Gasteiger partial charge in [0.2, 0.25) is 11.6 Å². The molecule has 13 heteroatoms. The number of methoxy groups -OCH3 is 4. The molecule has 13 nitrogen and oxygen atoms in total. The van der Waals surface area contributed by atoms with E-state index in [-0.39, 0.29) is 23.6 Å². The number of rotatable bonds is 8. The van der Waals surface area contributed by atoms with E-state index in [9.17, 15) is 9.59 Å². The first-order valence-corrected chi connectivity index (χ1v) is 12.0. The molecule has 40 heavy (non-hydrogen) atoms. The van der Waals surface area contributed by atoms with Gasteiger partial charge >= 0.3 is 5.97 Å². The zero-order valence-electron chi connectivity index (χ0n) is 22.4. The van der Waals surface area contributed by atoms with Crippen LogP contribution < -0.4 is 19.8 Å². The van der Waals surface area contributed by atoms with E-state index >= 15 is 0 Å². The highest BCUT2D eigenvalue weighted by Gasteiger charge is 2.27. The average Bonchev–Trinajstić information content (AvgIpc) is 3.52. The van der Waals surface area contributed by atoms with Crippen molar-refractivity contribution in [2.24, 2.45) is 0 Å². The van der Waals surface area contributed by atoms with Crippen molar-refractivity contribution < 1.29 is 23.7 Å². The number of pyridine rings is 3. The van der Waals surface area contributed by atoms with Gasteiger partial charge in [0.25, 0.3) is 5.56 Å². The number of aryl methyl sites for hydroxylation is 1. The van der Waals surface area contributed by atoms with Crippen molar-refractivity contribution in [2.45, 2.75) is 13.5 Å². The van der Waals surface area contributed by atoms with Gasteiger partial charge in [-0.1, -0.05) is 0 Å². The van der Waals surface area contributed by atoms with Crippen LogP contribution in [0.2, 0.25) is 0 Å². The maximum atomic E-state index is 14.1. The summed E-state index contributed by atoms with van der Waals surface area (Å²) in [5.41, 5.74) is 2.34. The Kier molecular flexibility index (Phi) is 7.10. The van der Waals surface area contributed by atoms with Crippen LogP contribution in [0.4, 0.5) is 0 Å². The minimum atomic E-state index is -0.712. The van der Waals surface area contributed by atoms with Gasteiger partial charge < -0.3 is 18.9 Å². The molecule has 5 aromatic rings. The number of hydrogen-bond donors (Lipinski definition) is 1. The quantitative estimate of drug-likeness (QED) is 0.287. The predicted octanol–water partition coefficient (Wildman–Crippen LogP) is 2.81. The third-order valence-corrected chi connectivity index (χ3v) is 6.33. The Balaban J connectivity index is 1.92. The molecule has 0 atom stereocenters. The topological polar surface area (TPSA) is 156 Å². The van der Waals surface area contributed by atoms with E-state index in [0.717, 1.165) is 11.3 Å². The van der Waals surface area contributed by atoms with Crippen LogP contribution in [0, 0.1) is 6.92 Å². The third kappa shape index (κ3) is 4.57. The predicted molar refractivity (Wildman–Crippen MR) is 144 cm³/mol. The Bertz CT molecular complexity index is 1760. The number of hydrogen-bond acceptors (Lipinski definition) is 11. The lowest BCUT2D eigenvalue weighted by atomic mass is 9.97. The molecule has 0 aliphatic heterocycles. The van der Waals surface area contributed by atoms with Crippen LogP contribution in [0.15, 0.2) is 47.4 Å². The molecule has 0 amide bonds. The van der Waals surface area contributed by atoms with Crippen molar-refractivity contribution in [1.29, 1.82) is 0 Å². The standard InChI is InChI=1S/C27H25N7O6/c1-14-10-15(8-9-28-14)13-34-23(27(36)40-5)21(16-11-19(37-2)24(39-4)20(12-16)38-3)17-6-7-18(25-30-32-33-31-25)29-22(17)26(34)35/h6-12H,13H2,1-5H3,(H,30,31,32,33). The van der Waals surface area contributed by atoms with Gasteiger partial charge in [-0.05, 0) is 59.7 Å². The Hall–Kier alpha value is -5.33. The van der Waals surface area contributed by atoms with Gasteiger partial charge in [0.05, 0.1) is 35.0 Å². The van der Waals surface area contributed by atoms with E-state index < -0.39 is 11.5 Å². The number of ether oxygens (including phenoxy) is 4. The van der Waals surface area contributed by atoms with E-state index in [0.29, 0.717) is 39.5 Å². The summed E-state index contributed by atoms with van der Waals surface area (Å²) in [5.74, 6) is 0.593. The molecular weight excluding hydrogens is 518 g/mol. The number of tetrazole rings is 1. The minimum absolute atomic E-state index is 0.0258. The number of nitrogens with one attached hydrogen (secondary N) is 1. The second-order valence-electron chi connectivity index (χ2n) is 8.65. The molecule has 1 N–H and O–H groups in total. The van der Waals surface area contributed by atoms with Crippen LogP contribution >= 0.6 is 0 Å². The van der Waals surface area contributed by atoms with Gasteiger partial charge in [0.1, 0.15) is 16.9 Å². The summed E-state index contributed by atoms with van der Waals surface area (Å²) in [7, 11) is 5.74. The summed E-state index contributed by atoms with van der Waals surface area (Å²) in [6.07, 6.45) is 1.64. The molecule has 0 saturated carbocycles. The van der Waals surface area contributed by atoms with Crippen LogP contribution in [-0.2, 0) is 11.3 Å². The minimum Gasteiger partial charge on any atom is -0.493 e. The van der Waals surface area contributed by atoms with E-state index in [2.05, 4.69) is 30.6 Å². The maximum absolute atomic E-state index is 14.1.